The molecule has 0 atom stereocenters. The molecule has 3 rings (SSSR count). The summed E-state index contributed by atoms with van der Waals surface area (Å²) in [6.07, 6.45) is 5.83. The maximum Gasteiger partial charge on any atom is 0.191 e. The number of nitrogens with zero attached hydrogens (tertiary/aromatic N) is 4. The molecule has 0 saturated carbocycles. The van der Waals surface area contributed by atoms with Crippen LogP contribution in [0.25, 0.3) is 0 Å². The first-order valence-electron chi connectivity index (χ1n) is 10.2. The number of anilines is 1. The average Bonchev–Trinajstić information content (AvgIpc) is 3.33. The Hall–Kier alpha value is -0.870. The number of rotatable bonds is 7. The Morgan fingerprint density at radius 2 is 2.00 bits per heavy atom. The zero-order chi connectivity index (χ0) is 19.1. The van der Waals surface area contributed by atoms with Gasteiger partial charge in [0, 0.05) is 64.2 Å². The molecule has 0 radical (unpaired) electrons. The predicted octanol–water partition coefficient (Wildman–Crippen LogP) is 3.11. The molecule has 0 bridgehead atoms. The third-order valence-electron chi connectivity index (χ3n) is 5.24. The van der Waals surface area contributed by atoms with Crippen molar-refractivity contribution in [2.75, 3.05) is 51.2 Å². The van der Waals surface area contributed by atoms with E-state index in [0.717, 1.165) is 64.5 Å². The van der Waals surface area contributed by atoms with Gasteiger partial charge in [0.05, 0.1) is 5.69 Å². The van der Waals surface area contributed by atoms with E-state index in [2.05, 4.69) is 44.3 Å². The van der Waals surface area contributed by atoms with Crippen LogP contribution >= 0.6 is 35.3 Å². The zero-order valence-electron chi connectivity index (χ0n) is 17.2. The zero-order valence-corrected chi connectivity index (χ0v) is 20.4. The summed E-state index contributed by atoms with van der Waals surface area (Å²) in [5.74, 6) is 0.906. The summed E-state index contributed by atoms with van der Waals surface area (Å²) in [5.41, 5.74) is 2.42. The third kappa shape index (κ3) is 7.18. The number of aromatic nitrogens is 1. The topological polar surface area (TPSA) is 55.8 Å². The Morgan fingerprint density at radius 3 is 2.64 bits per heavy atom. The molecule has 1 aromatic rings. The maximum atomic E-state index is 4.79. The van der Waals surface area contributed by atoms with Crippen LogP contribution in [-0.2, 0) is 6.42 Å². The molecule has 0 aromatic carbocycles. The number of hydrogen-bond acceptors (Lipinski definition) is 5. The molecule has 28 heavy (non-hydrogen) atoms. The van der Waals surface area contributed by atoms with E-state index in [-0.39, 0.29) is 24.0 Å². The lowest BCUT2D eigenvalue weighted by Gasteiger charge is -2.33. The van der Waals surface area contributed by atoms with Crippen molar-refractivity contribution in [2.45, 2.75) is 45.1 Å². The summed E-state index contributed by atoms with van der Waals surface area (Å²) in [7, 11) is 1.85. The predicted molar refractivity (Wildman–Crippen MR) is 131 cm³/mol. The highest BCUT2D eigenvalue weighted by Crippen LogP contribution is 2.24. The molecule has 6 nitrogen and oxygen atoms in total. The highest BCUT2D eigenvalue weighted by atomic mass is 127. The minimum absolute atomic E-state index is 0. The second-order valence-electron chi connectivity index (χ2n) is 7.72. The normalized spacial score (nSPS) is 18.8. The molecule has 2 N–H and O–H groups in total. The Labute approximate surface area is 190 Å². The summed E-state index contributed by atoms with van der Waals surface area (Å²) in [5, 5.41) is 10.4. The van der Waals surface area contributed by atoms with Gasteiger partial charge < -0.3 is 15.5 Å². The summed E-state index contributed by atoms with van der Waals surface area (Å²) in [4.78, 5) is 14.1. The monoisotopic (exact) mass is 518 g/mol. The Balaban J connectivity index is 0.00000280. The van der Waals surface area contributed by atoms with Crippen LogP contribution in [0.4, 0.5) is 5.13 Å². The SMILES string of the molecule is C=C(C)CN1CCC(NC(=NC)NCCc2csc(N3CCCC3)n2)CC1.I. The molecule has 8 heteroatoms. The minimum Gasteiger partial charge on any atom is -0.356 e. The largest absolute Gasteiger partial charge is 0.356 e. The van der Waals surface area contributed by atoms with Gasteiger partial charge in [0.2, 0.25) is 0 Å². The first-order chi connectivity index (χ1) is 13.1. The van der Waals surface area contributed by atoms with Gasteiger partial charge in [0.15, 0.2) is 11.1 Å². The molecule has 2 aliphatic rings. The fourth-order valence-electron chi connectivity index (χ4n) is 3.78. The molecule has 3 heterocycles. The van der Waals surface area contributed by atoms with Crippen LogP contribution in [0.1, 0.15) is 38.3 Å². The fourth-order valence-corrected chi connectivity index (χ4v) is 4.69. The first-order valence-corrected chi connectivity index (χ1v) is 11.1. The molecule has 2 fully saturated rings. The van der Waals surface area contributed by atoms with Crippen LogP contribution in [0.3, 0.4) is 0 Å². The van der Waals surface area contributed by atoms with Crippen molar-refractivity contribution in [3.05, 3.63) is 23.2 Å². The Morgan fingerprint density at radius 1 is 1.29 bits per heavy atom. The molecule has 158 valence electrons. The van der Waals surface area contributed by atoms with Gasteiger partial charge in [-0.05, 0) is 32.6 Å². The van der Waals surface area contributed by atoms with E-state index >= 15 is 0 Å². The van der Waals surface area contributed by atoms with Crippen LogP contribution < -0.4 is 15.5 Å². The quantitative estimate of drug-likeness (QED) is 0.252. The molecule has 0 aliphatic carbocycles. The van der Waals surface area contributed by atoms with Crippen molar-refractivity contribution in [1.82, 2.24) is 20.5 Å². The van der Waals surface area contributed by atoms with E-state index < -0.39 is 0 Å². The number of hydrogen-bond donors (Lipinski definition) is 2. The molecule has 0 unspecified atom stereocenters. The highest BCUT2D eigenvalue weighted by Gasteiger charge is 2.20. The lowest BCUT2D eigenvalue weighted by atomic mass is 10.0. The minimum atomic E-state index is 0. The number of aliphatic imine (C=N–C) groups is 1. The van der Waals surface area contributed by atoms with Gasteiger partial charge in [-0.3, -0.25) is 9.89 Å². The van der Waals surface area contributed by atoms with Gasteiger partial charge in [-0.15, -0.1) is 35.3 Å². The first kappa shape index (κ1) is 23.4. The van der Waals surface area contributed by atoms with Gasteiger partial charge in [0.25, 0.3) is 0 Å². The van der Waals surface area contributed by atoms with Gasteiger partial charge in [0.1, 0.15) is 0 Å². The number of likely N-dealkylation sites (tertiary alicyclic amines) is 1. The standard InChI is InChI=1S/C20H34N6S.HI/c1-16(2)14-25-12-7-17(8-13-25)23-19(21-3)22-9-6-18-15-27-20(24-18)26-10-4-5-11-26;/h15,17H,1,4-14H2,2-3H3,(H2,21,22,23);1H. The van der Waals surface area contributed by atoms with Crippen LogP contribution in [0, 0.1) is 0 Å². The van der Waals surface area contributed by atoms with Crippen LogP contribution in [0.15, 0.2) is 22.5 Å². The molecule has 1 aromatic heterocycles. The van der Waals surface area contributed by atoms with Crippen molar-refractivity contribution in [3.8, 4) is 0 Å². The highest BCUT2D eigenvalue weighted by molar-refractivity contribution is 14.0. The van der Waals surface area contributed by atoms with Crippen molar-refractivity contribution in [2.24, 2.45) is 4.99 Å². The summed E-state index contributed by atoms with van der Waals surface area (Å²) in [6.45, 7) is 12.6. The number of guanidine groups is 1. The maximum absolute atomic E-state index is 4.79. The van der Waals surface area contributed by atoms with E-state index in [4.69, 9.17) is 4.98 Å². The van der Waals surface area contributed by atoms with E-state index in [0.29, 0.717) is 6.04 Å². The number of piperidine rings is 1. The number of halogens is 1. The second kappa shape index (κ2) is 12.0. The summed E-state index contributed by atoms with van der Waals surface area (Å²) < 4.78 is 0. The Kier molecular flexibility index (Phi) is 10.0. The molecule has 0 amide bonds. The van der Waals surface area contributed by atoms with Gasteiger partial charge >= 0.3 is 0 Å². The van der Waals surface area contributed by atoms with Crippen LogP contribution in [-0.4, -0.2) is 68.2 Å². The Bertz CT molecular complexity index is 632. The molecule has 2 saturated heterocycles. The smallest absolute Gasteiger partial charge is 0.191 e. The number of thiazole rings is 1. The fraction of sp³-hybridized carbons (Fsp3) is 0.700. The van der Waals surface area contributed by atoms with Crippen LogP contribution in [0.5, 0.6) is 0 Å². The molecule has 2 aliphatic heterocycles. The molecule has 0 spiro atoms. The van der Waals surface area contributed by atoms with E-state index in [1.54, 1.807) is 11.3 Å². The average molecular weight is 519 g/mol. The van der Waals surface area contributed by atoms with Crippen molar-refractivity contribution >= 4 is 46.4 Å². The van der Waals surface area contributed by atoms with Crippen molar-refractivity contribution in [3.63, 3.8) is 0 Å². The molecular weight excluding hydrogens is 483 g/mol. The lowest BCUT2D eigenvalue weighted by Crippen LogP contribution is -2.49. The summed E-state index contributed by atoms with van der Waals surface area (Å²) >= 11 is 1.77. The van der Waals surface area contributed by atoms with Crippen LogP contribution in [0.2, 0.25) is 0 Å². The summed E-state index contributed by atoms with van der Waals surface area (Å²) in [6, 6.07) is 0.499. The van der Waals surface area contributed by atoms with E-state index in [1.807, 2.05) is 7.05 Å². The molecular formula is C20H35IN6S. The van der Waals surface area contributed by atoms with E-state index in [9.17, 15) is 0 Å². The van der Waals surface area contributed by atoms with E-state index in [1.165, 1.54) is 29.2 Å². The third-order valence-corrected chi connectivity index (χ3v) is 6.19. The van der Waals surface area contributed by atoms with Gasteiger partial charge in [-0.25, -0.2) is 4.98 Å². The lowest BCUT2D eigenvalue weighted by molar-refractivity contribution is 0.221. The second-order valence-corrected chi connectivity index (χ2v) is 8.55. The van der Waals surface area contributed by atoms with Crippen molar-refractivity contribution in [1.29, 1.82) is 0 Å². The van der Waals surface area contributed by atoms with Crippen molar-refractivity contribution < 1.29 is 0 Å². The number of nitrogens with one attached hydrogen (secondary N) is 2. The van der Waals surface area contributed by atoms with Gasteiger partial charge in [-0.2, -0.15) is 0 Å². The van der Waals surface area contributed by atoms with Gasteiger partial charge in [-0.1, -0.05) is 12.2 Å².